The second-order valence-electron chi connectivity index (χ2n) is 8.10. The van der Waals surface area contributed by atoms with Crippen LogP contribution in [0.4, 0.5) is 0 Å². The molecule has 6 nitrogen and oxygen atoms in total. The highest BCUT2D eigenvalue weighted by atomic mass is 16.3. The topological polar surface area (TPSA) is 80.4 Å². The molecule has 0 unspecified atom stereocenters. The minimum absolute atomic E-state index is 0.148. The predicted molar refractivity (Wildman–Crippen MR) is 103 cm³/mol. The second kappa shape index (κ2) is 10.8. The van der Waals surface area contributed by atoms with E-state index in [0.717, 1.165) is 32.7 Å². The van der Waals surface area contributed by atoms with Crippen LogP contribution >= 0.6 is 0 Å². The summed E-state index contributed by atoms with van der Waals surface area (Å²) in [7, 11) is 0. The van der Waals surface area contributed by atoms with Crippen LogP contribution in [0, 0.1) is 0 Å². The average molecular weight is 354 g/mol. The van der Waals surface area contributed by atoms with Crippen LogP contribution < -0.4 is 26.6 Å². The molecule has 2 aliphatic carbocycles. The molecule has 2 saturated carbocycles. The fourth-order valence-electron chi connectivity index (χ4n) is 4.78. The molecule has 0 aromatic carbocycles. The molecule has 25 heavy (non-hydrogen) atoms. The van der Waals surface area contributed by atoms with E-state index in [-0.39, 0.29) is 12.6 Å². The number of hydrogen-bond donors (Lipinski definition) is 6. The van der Waals surface area contributed by atoms with E-state index in [1.807, 2.05) is 0 Å². The highest BCUT2D eigenvalue weighted by molar-refractivity contribution is 4.90. The minimum atomic E-state index is 0.148. The largest absolute Gasteiger partial charge is 0.395 e. The van der Waals surface area contributed by atoms with Crippen LogP contribution in [0.5, 0.6) is 0 Å². The standard InChI is InChI=1S/C19H39N5O/c25-14-15-13-24-19-8-4-3-7-18(19)23-12-11-22-17-6-2-1-5-16(17)21-10-9-20-15/h15-25H,1-14H2/t15-,16-,17-,18-,19-/m1/s1. The third-order valence-corrected chi connectivity index (χ3v) is 6.28. The lowest BCUT2D eigenvalue weighted by Gasteiger charge is -2.35. The summed E-state index contributed by atoms with van der Waals surface area (Å²) in [6, 6.07) is 2.45. The van der Waals surface area contributed by atoms with Gasteiger partial charge in [-0.25, -0.2) is 0 Å². The van der Waals surface area contributed by atoms with Gasteiger partial charge in [0.25, 0.3) is 0 Å². The number of hydrogen-bond acceptors (Lipinski definition) is 6. The Morgan fingerprint density at radius 2 is 0.960 bits per heavy atom. The monoisotopic (exact) mass is 353 g/mol. The van der Waals surface area contributed by atoms with Crippen molar-refractivity contribution in [3.63, 3.8) is 0 Å². The molecule has 5 atom stereocenters. The Hall–Kier alpha value is -0.240. The van der Waals surface area contributed by atoms with Crippen LogP contribution in [-0.2, 0) is 0 Å². The van der Waals surface area contributed by atoms with E-state index in [9.17, 15) is 5.11 Å². The molecule has 3 aliphatic rings. The molecule has 3 fully saturated rings. The summed E-state index contributed by atoms with van der Waals surface area (Å²) in [5, 5.41) is 28.2. The predicted octanol–water partition coefficient (Wildman–Crippen LogP) is -0.0687. The van der Waals surface area contributed by atoms with Gasteiger partial charge in [-0.15, -0.1) is 0 Å². The zero-order valence-corrected chi connectivity index (χ0v) is 15.7. The Bertz CT molecular complexity index is 370. The summed E-state index contributed by atoms with van der Waals surface area (Å²) in [4.78, 5) is 0. The third-order valence-electron chi connectivity index (χ3n) is 6.28. The lowest BCUT2D eigenvalue weighted by atomic mass is 9.89. The van der Waals surface area contributed by atoms with Gasteiger partial charge in [0.05, 0.1) is 6.61 Å². The van der Waals surface area contributed by atoms with Crippen molar-refractivity contribution in [3.8, 4) is 0 Å². The summed E-state index contributed by atoms with van der Waals surface area (Å²) < 4.78 is 0. The van der Waals surface area contributed by atoms with E-state index in [1.165, 1.54) is 51.4 Å². The molecule has 6 N–H and O–H groups in total. The highest BCUT2D eigenvalue weighted by Crippen LogP contribution is 2.20. The summed E-state index contributed by atoms with van der Waals surface area (Å²) in [5.74, 6) is 0. The van der Waals surface area contributed by atoms with Gasteiger partial charge in [0.15, 0.2) is 0 Å². The Balaban J connectivity index is 1.57. The molecule has 0 spiro atoms. The van der Waals surface area contributed by atoms with Crippen LogP contribution in [0.25, 0.3) is 0 Å². The zero-order chi connectivity index (χ0) is 17.3. The summed E-state index contributed by atoms with van der Waals surface area (Å²) in [6.45, 7) is 5.05. The molecule has 0 aromatic rings. The first-order chi connectivity index (χ1) is 12.4. The molecule has 6 heteroatoms. The van der Waals surface area contributed by atoms with Crippen molar-refractivity contribution in [3.05, 3.63) is 0 Å². The van der Waals surface area contributed by atoms with Gasteiger partial charge < -0.3 is 31.7 Å². The maximum Gasteiger partial charge on any atom is 0.0597 e. The normalized spacial score (nSPS) is 39.5. The average Bonchev–Trinajstić information content (AvgIpc) is 2.66. The first-order valence-electron chi connectivity index (χ1n) is 10.6. The fourth-order valence-corrected chi connectivity index (χ4v) is 4.78. The first-order valence-corrected chi connectivity index (χ1v) is 10.6. The van der Waals surface area contributed by atoms with Crippen molar-refractivity contribution in [2.24, 2.45) is 0 Å². The quantitative estimate of drug-likeness (QED) is 0.396. The maximum atomic E-state index is 9.68. The van der Waals surface area contributed by atoms with Gasteiger partial charge in [-0.1, -0.05) is 25.7 Å². The molecule has 1 saturated heterocycles. The Morgan fingerprint density at radius 1 is 0.560 bits per heavy atom. The number of aliphatic hydroxyl groups is 1. The van der Waals surface area contributed by atoms with Gasteiger partial charge in [-0.2, -0.15) is 0 Å². The Morgan fingerprint density at radius 3 is 1.40 bits per heavy atom. The van der Waals surface area contributed by atoms with Crippen molar-refractivity contribution < 1.29 is 5.11 Å². The summed E-state index contributed by atoms with van der Waals surface area (Å²) >= 11 is 0. The zero-order valence-electron chi connectivity index (χ0n) is 15.7. The van der Waals surface area contributed by atoms with E-state index in [4.69, 9.17) is 0 Å². The molecule has 1 heterocycles. The molecule has 0 aromatic heterocycles. The smallest absolute Gasteiger partial charge is 0.0597 e. The van der Waals surface area contributed by atoms with Crippen LogP contribution in [0.1, 0.15) is 51.4 Å². The highest BCUT2D eigenvalue weighted by Gasteiger charge is 2.26. The van der Waals surface area contributed by atoms with Crippen molar-refractivity contribution in [1.29, 1.82) is 0 Å². The lowest BCUT2D eigenvalue weighted by Crippen LogP contribution is -2.54. The molecule has 0 bridgehead atoms. The Labute approximate surface area is 153 Å². The van der Waals surface area contributed by atoms with Gasteiger partial charge in [0.1, 0.15) is 0 Å². The van der Waals surface area contributed by atoms with E-state index in [2.05, 4.69) is 26.6 Å². The number of fused-ring (bicyclic) bond motifs is 2. The molecule has 1 aliphatic heterocycles. The van der Waals surface area contributed by atoms with Crippen LogP contribution in [-0.4, -0.2) is 74.6 Å². The SMILES string of the molecule is OC[C@H]1CN[C@@H]2CCCC[C@H]2NCCN[C@@H]2CCCC[C@H]2NCCN1. The number of aliphatic hydroxyl groups excluding tert-OH is 1. The molecule has 3 rings (SSSR count). The van der Waals surface area contributed by atoms with Crippen LogP contribution in [0.3, 0.4) is 0 Å². The molecule has 0 amide bonds. The summed E-state index contributed by atoms with van der Waals surface area (Å²) in [6.07, 6.45) is 10.4. The fraction of sp³-hybridized carbons (Fsp3) is 1.00. The molecule has 146 valence electrons. The van der Waals surface area contributed by atoms with E-state index in [1.54, 1.807) is 0 Å². The first kappa shape index (κ1) is 19.5. The second-order valence-corrected chi connectivity index (χ2v) is 8.10. The van der Waals surface area contributed by atoms with E-state index >= 15 is 0 Å². The maximum absolute atomic E-state index is 9.68. The van der Waals surface area contributed by atoms with Crippen LogP contribution in [0.2, 0.25) is 0 Å². The van der Waals surface area contributed by atoms with Gasteiger partial charge >= 0.3 is 0 Å². The minimum Gasteiger partial charge on any atom is -0.395 e. The van der Waals surface area contributed by atoms with Gasteiger partial charge in [-0.05, 0) is 25.7 Å². The van der Waals surface area contributed by atoms with Crippen molar-refractivity contribution in [2.45, 2.75) is 81.6 Å². The summed E-state index contributed by atoms with van der Waals surface area (Å²) in [5.41, 5.74) is 0. The molecular formula is C19H39N5O. The van der Waals surface area contributed by atoms with Gasteiger partial charge in [-0.3, -0.25) is 0 Å². The van der Waals surface area contributed by atoms with Gasteiger partial charge in [0, 0.05) is 62.9 Å². The van der Waals surface area contributed by atoms with Crippen molar-refractivity contribution in [1.82, 2.24) is 26.6 Å². The Kier molecular flexibility index (Phi) is 8.43. The molecule has 0 radical (unpaired) electrons. The van der Waals surface area contributed by atoms with Crippen LogP contribution in [0.15, 0.2) is 0 Å². The third kappa shape index (κ3) is 6.15. The van der Waals surface area contributed by atoms with Crippen molar-refractivity contribution in [2.75, 3.05) is 39.3 Å². The number of nitrogens with one attached hydrogen (secondary N) is 5. The lowest BCUT2D eigenvalue weighted by molar-refractivity contribution is 0.221. The molecular weight excluding hydrogens is 314 g/mol. The van der Waals surface area contributed by atoms with E-state index in [0.29, 0.717) is 24.2 Å². The van der Waals surface area contributed by atoms with E-state index < -0.39 is 0 Å². The number of rotatable bonds is 1. The van der Waals surface area contributed by atoms with Gasteiger partial charge in [0.2, 0.25) is 0 Å². The van der Waals surface area contributed by atoms with Crippen molar-refractivity contribution >= 4 is 0 Å².